The summed E-state index contributed by atoms with van der Waals surface area (Å²) in [4.78, 5) is 18.6. The Balaban J connectivity index is 0. The first-order valence-electron chi connectivity index (χ1n) is 4.46. The van der Waals surface area contributed by atoms with Crippen molar-refractivity contribution in [3.8, 4) is 0 Å². The van der Waals surface area contributed by atoms with Crippen LogP contribution < -0.4 is 5.73 Å². The van der Waals surface area contributed by atoms with Crippen LogP contribution in [0.5, 0.6) is 0 Å². The standard InChI is InChI=1S/C6H11Cl2NO2.C2HF3O2/c1-3(5(7)8)2-4(9)6(10)11;3-2(4,5)1(6)7/h3-5H,2,9H2,1H3,(H,10,11);(H,6,7)/t3-,4-;/m0./s1. The summed E-state index contributed by atoms with van der Waals surface area (Å²) in [6.45, 7) is 1.76. The largest absolute Gasteiger partial charge is 0.490 e. The number of halogens is 5. The second-order valence-corrected chi connectivity index (χ2v) is 4.46. The predicted molar refractivity (Wildman–Crippen MR) is 58.6 cm³/mol. The van der Waals surface area contributed by atoms with E-state index in [0.717, 1.165) is 0 Å². The van der Waals surface area contributed by atoms with Gasteiger partial charge in [-0.3, -0.25) is 4.79 Å². The Kier molecular flexibility index (Phi) is 9.13. The molecule has 108 valence electrons. The SMILES string of the molecule is C[C@@H](C[C@H](N)C(=O)O)C(Cl)Cl.O=C(O)C(F)(F)F. The third-order valence-corrected chi connectivity index (χ3v) is 2.48. The fraction of sp³-hybridized carbons (Fsp3) is 0.750. The molecular weight excluding hydrogens is 302 g/mol. The second-order valence-electron chi connectivity index (χ2n) is 3.30. The van der Waals surface area contributed by atoms with Gasteiger partial charge in [0.25, 0.3) is 0 Å². The lowest BCUT2D eigenvalue weighted by Gasteiger charge is -2.14. The van der Waals surface area contributed by atoms with Crippen molar-refractivity contribution in [2.45, 2.75) is 30.4 Å². The third kappa shape index (κ3) is 10.4. The summed E-state index contributed by atoms with van der Waals surface area (Å²) in [5.74, 6) is -3.87. The molecule has 0 saturated heterocycles. The Morgan fingerprint density at radius 1 is 1.28 bits per heavy atom. The number of aliphatic carboxylic acids is 2. The van der Waals surface area contributed by atoms with Crippen molar-refractivity contribution in [2.24, 2.45) is 11.7 Å². The van der Waals surface area contributed by atoms with Crippen LogP contribution in [0.3, 0.4) is 0 Å². The van der Waals surface area contributed by atoms with Gasteiger partial charge < -0.3 is 15.9 Å². The van der Waals surface area contributed by atoms with Gasteiger partial charge in [0.05, 0.1) is 0 Å². The summed E-state index contributed by atoms with van der Waals surface area (Å²) in [6.07, 6.45) is -4.78. The molecule has 0 aromatic rings. The molecule has 0 unspecified atom stereocenters. The topological polar surface area (TPSA) is 101 Å². The van der Waals surface area contributed by atoms with E-state index in [1.807, 2.05) is 0 Å². The monoisotopic (exact) mass is 313 g/mol. The van der Waals surface area contributed by atoms with Crippen molar-refractivity contribution in [3.05, 3.63) is 0 Å². The minimum Gasteiger partial charge on any atom is -0.480 e. The molecule has 10 heteroatoms. The van der Waals surface area contributed by atoms with E-state index in [-0.39, 0.29) is 5.92 Å². The van der Waals surface area contributed by atoms with Gasteiger partial charge in [-0.15, -0.1) is 23.2 Å². The minimum absolute atomic E-state index is 0.0931. The van der Waals surface area contributed by atoms with Crippen molar-refractivity contribution in [3.63, 3.8) is 0 Å². The van der Waals surface area contributed by atoms with E-state index in [9.17, 15) is 18.0 Å². The molecule has 0 saturated carbocycles. The van der Waals surface area contributed by atoms with Gasteiger partial charge in [0.2, 0.25) is 0 Å². The Labute approximate surface area is 111 Å². The fourth-order valence-electron chi connectivity index (χ4n) is 0.604. The molecule has 0 spiro atoms. The van der Waals surface area contributed by atoms with E-state index in [2.05, 4.69) is 0 Å². The first kappa shape index (κ1) is 19.6. The normalized spacial score (nSPS) is 14.4. The first-order chi connectivity index (χ1) is 7.89. The van der Waals surface area contributed by atoms with Crippen LogP contribution in [0.1, 0.15) is 13.3 Å². The Morgan fingerprint density at radius 2 is 1.61 bits per heavy atom. The van der Waals surface area contributed by atoms with E-state index < -0.39 is 29.0 Å². The Morgan fingerprint density at radius 3 is 1.78 bits per heavy atom. The zero-order chi connectivity index (χ0) is 15.1. The molecule has 18 heavy (non-hydrogen) atoms. The quantitative estimate of drug-likeness (QED) is 0.688. The van der Waals surface area contributed by atoms with E-state index in [1.54, 1.807) is 6.92 Å². The van der Waals surface area contributed by atoms with Crippen molar-refractivity contribution >= 4 is 35.1 Å². The zero-order valence-electron chi connectivity index (χ0n) is 9.12. The molecule has 0 amide bonds. The van der Waals surface area contributed by atoms with Gasteiger partial charge in [-0.1, -0.05) is 6.92 Å². The predicted octanol–water partition coefficient (Wildman–Crippen LogP) is 1.86. The molecule has 0 radical (unpaired) electrons. The number of carboxylic acids is 2. The van der Waals surface area contributed by atoms with E-state index >= 15 is 0 Å². The molecular formula is C8H12Cl2F3NO4. The average Bonchev–Trinajstić information content (AvgIpc) is 2.16. The lowest BCUT2D eigenvalue weighted by Crippen LogP contribution is -2.32. The maximum absolute atomic E-state index is 10.6. The van der Waals surface area contributed by atoms with Crippen molar-refractivity contribution in [1.29, 1.82) is 0 Å². The summed E-state index contributed by atoms with van der Waals surface area (Å²) >= 11 is 11.0. The molecule has 0 aliphatic rings. The number of carboxylic acid groups (broad SMARTS) is 2. The van der Waals surface area contributed by atoms with Gasteiger partial charge in [0, 0.05) is 0 Å². The molecule has 0 fully saturated rings. The third-order valence-electron chi connectivity index (χ3n) is 1.62. The van der Waals surface area contributed by atoms with Crippen LogP contribution in [0, 0.1) is 5.92 Å². The van der Waals surface area contributed by atoms with Crippen molar-refractivity contribution in [1.82, 2.24) is 0 Å². The molecule has 0 heterocycles. The Hall–Kier alpha value is -0.730. The Bertz CT molecular complexity index is 286. The highest BCUT2D eigenvalue weighted by Gasteiger charge is 2.38. The first-order valence-corrected chi connectivity index (χ1v) is 5.33. The summed E-state index contributed by atoms with van der Waals surface area (Å²) in [5, 5.41) is 15.5. The summed E-state index contributed by atoms with van der Waals surface area (Å²) < 4.78 is 31.7. The van der Waals surface area contributed by atoms with Gasteiger partial charge in [-0.05, 0) is 12.3 Å². The minimum atomic E-state index is -5.08. The summed E-state index contributed by atoms with van der Waals surface area (Å²) in [6, 6.07) is -0.870. The molecule has 5 nitrogen and oxygen atoms in total. The van der Waals surface area contributed by atoms with Gasteiger partial charge in [0.15, 0.2) is 0 Å². The molecule has 0 aliphatic heterocycles. The van der Waals surface area contributed by atoms with Crippen molar-refractivity contribution in [2.75, 3.05) is 0 Å². The molecule has 0 aromatic heterocycles. The van der Waals surface area contributed by atoms with Gasteiger partial charge in [-0.2, -0.15) is 13.2 Å². The van der Waals surface area contributed by atoms with Crippen LogP contribution in [-0.4, -0.2) is 39.2 Å². The van der Waals surface area contributed by atoms with Gasteiger partial charge in [-0.25, -0.2) is 4.79 Å². The lowest BCUT2D eigenvalue weighted by molar-refractivity contribution is -0.192. The smallest absolute Gasteiger partial charge is 0.480 e. The number of hydrogen-bond donors (Lipinski definition) is 3. The van der Waals surface area contributed by atoms with Gasteiger partial charge >= 0.3 is 18.1 Å². The molecule has 2 atom stereocenters. The van der Waals surface area contributed by atoms with E-state index in [1.165, 1.54) is 0 Å². The number of carbonyl (C=O) groups is 2. The summed E-state index contributed by atoms with van der Waals surface area (Å²) in [5.41, 5.74) is 5.24. The fourth-order valence-corrected chi connectivity index (χ4v) is 0.810. The highest BCUT2D eigenvalue weighted by Crippen LogP contribution is 2.18. The van der Waals surface area contributed by atoms with E-state index in [0.29, 0.717) is 6.42 Å². The number of nitrogens with two attached hydrogens (primary N) is 1. The van der Waals surface area contributed by atoms with Crippen LogP contribution in [0.4, 0.5) is 13.2 Å². The number of rotatable bonds is 4. The van der Waals surface area contributed by atoms with Crippen LogP contribution in [0.15, 0.2) is 0 Å². The molecule has 0 bridgehead atoms. The van der Waals surface area contributed by atoms with Crippen LogP contribution in [0.25, 0.3) is 0 Å². The second kappa shape index (κ2) is 8.39. The lowest BCUT2D eigenvalue weighted by atomic mass is 10.0. The molecule has 0 rings (SSSR count). The maximum atomic E-state index is 10.6. The van der Waals surface area contributed by atoms with Crippen LogP contribution in [0.2, 0.25) is 0 Å². The highest BCUT2D eigenvalue weighted by atomic mass is 35.5. The van der Waals surface area contributed by atoms with Crippen LogP contribution in [-0.2, 0) is 9.59 Å². The summed E-state index contributed by atoms with van der Waals surface area (Å²) in [7, 11) is 0. The maximum Gasteiger partial charge on any atom is 0.490 e. The van der Waals surface area contributed by atoms with Gasteiger partial charge in [0.1, 0.15) is 10.9 Å². The highest BCUT2D eigenvalue weighted by molar-refractivity contribution is 6.44. The molecule has 0 aromatic carbocycles. The molecule has 4 N–H and O–H groups in total. The molecule has 0 aliphatic carbocycles. The zero-order valence-corrected chi connectivity index (χ0v) is 10.6. The number of hydrogen-bond acceptors (Lipinski definition) is 3. The van der Waals surface area contributed by atoms with E-state index in [4.69, 9.17) is 43.9 Å². The van der Waals surface area contributed by atoms with Crippen molar-refractivity contribution < 1.29 is 33.0 Å². The number of alkyl halides is 5. The average molecular weight is 314 g/mol. The van der Waals surface area contributed by atoms with Crippen LogP contribution >= 0.6 is 23.2 Å².